The Morgan fingerprint density at radius 3 is 2.47 bits per heavy atom. The zero-order chi connectivity index (χ0) is 11.4. The molecular weight excluding hydrogens is 194 g/mol. The Bertz CT molecular complexity index is 328. The van der Waals surface area contributed by atoms with E-state index in [2.05, 4.69) is 0 Å². The molecule has 0 fully saturated rings. The van der Waals surface area contributed by atoms with Crippen LogP contribution in [-0.4, -0.2) is 40.4 Å². The summed E-state index contributed by atoms with van der Waals surface area (Å²) in [6.45, 7) is 3.35. The number of aromatic hydroxyl groups is 2. The summed E-state index contributed by atoms with van der Waals surface area (Å²) >= 11 is 0. The maximum Gasteiger partial charge on any atom is 0.157 e. The highest BCUT2D eigenvalue weighted by atomic mass is 16.3. The van der Waals surface area contributed by atoms with E-state index in [-0.39, 0.29) is 11.5 Å². The Labute approximate surface area is 89.4 Å². The SMILES string of the molecule is CCN(C)C[C@H](O)c1ccc(O)c(O)c1. The van der Waals surface area contributed by atoms with Gasteiger partial charge in [0, 0.05) is 6.54 Å². The summed E-state index contributed by atoms with van der Waals surface area (Å²) in [4.78, 5) is 1.97. The summed E-state index contributed by atoms with van der Waals surface area (Å²) in [7, 11) is 1.91. The van der Waals surface area contributed by atoms with Gasteiger partial charge in [0.15, 0.2) is 11.5 Å². The summed E-state index contributed by atoms with van der Waals surface area (Å²) in [5.74, 6) is -0.375. The van der Waals surface area contributed by atoms with E-state index < -0.39 is 6.10 Å². The summed E-state index contributed by atoms with van der Waals surface area (Å²) in [5, 5.41) is 28.2. The molecule has 0 heterocycles. The van der Waals surface area contributed by atoms with Crippen LogP contribution in [0.1, 0.15) is 18.6 Å². The molecule has 4 nitrogen and oxygen atoms in total. The second kappa shape index (κ2) is 5.00. The van der Waals surface area contributed by atoms with Crippen LogP contribution in [0.2, 0.25) is 0 Å². The first-order valence-corrected chi connectivity index (χ1v) is 4.93. The van der Waals surface area contributed by atoms with Crippen molar-refractivity contribution in [2.75, 3.05) is 20.1 Å². The molecule has 4 heteroatoms. The van der Waals surface area contributed by atoms with Crippen molar-refractivity contribution >= 4 is 0 Å². The lowest BCUT2D eigenvalue weighted by Gasteiger charge is -2.19. The number of phenols is 2. The molecule has 0 aliphatic rings. The molecule has 0 aliphatic carbocycles. The van der Waals surface area contributed by atoms with Gasteiger partial charge in [-0.25, -0.2) is 0 Å². The normalized spacial score (nSPS) is 13.1. The lowest BCUT2D eigenvalue weighted by molar-refractivity contribution is 0.129. The minimum atomic E-state index is -0.651. The number of phenolic OH excluding ortho intramolecular Hbond substituents is 2. The third-order valence-corrected chi connectivity index (χ3v) is 2.41. The van der Waals surface area contributed by atoms with E-state index >= 15 is 0 Å². The number of aliphatic hydroxyl groups is 1. The van der Waals surface area contributed by atoms with E-state index in [4.69, 9.17) is 5.11 Å². The van der Waals surface area contributed by atoms with Gasteiger partial charge in [0.2, 0.25) is 0 Å². The number of rotatable bonds is 4. The third-order valence-electron chi connectivity index (χ3n) is 2.41. The monoisotopic (exact) mass is 211 g/mol. The molecule has 0 saturated carbocycles. The van der Waals surface area contributed by atoms with Crippen LogP contribution in [-0.2, 0) is 0 Å². The Morgan fingerprint density at radius 2 is 1.93 bits per heavy atom. The quantitative estimate of drug-likeness (QED) is 0.652. The molecule has 0 aromatic heterocycles. The van der Waals surface area contributed by atoms with Gasteiger partial charge in [0.1, 0.15) is 0 Å². The van der Waals surface area contributed by atoms with Gasteiger partial charge in [0.05, 0.1) is 6.10 Å². The molecule has 0 bridgehead atoms. The molecule has 1 rings (SSSR count). The number of hydrogen-bond acceptors (Lipinski definition) is 4. The average molecular weight is 211 g/mol. The Kier molecular flexibility index (Phi) is 3.94. The molecule has 0 aliphatic heterocycles. The fourth-order valence-electron chi connectivity index (χ4n) is 1.28. The van der Waals surface area contributed by atoms with Crippen LogP contribution in [0, 0.1) is 0 Å². The van der Waals surface area contributed by atoms with E-state index in [0.29, 0.717) is 12.1 Å². The molecule has 0 unspecified atom stereocenters. The van der Waals surface area contributed by atoms with Crippen molar-refractivity contribution in [2.24, 2.45) is 0 Å². The van der Waals surface area contributed by atoms with Crippen molar-refractivity contribution in [2.45, 2.75) is 13.0 Å². The Hall–Kier alpha value is -1.26. The second-order valence-electron chi connectivity index (χ2n) is 3.62. The molecule has 0 saturated heterocycles. The summed E-state index contributed by atoms with van der Waals surface area (Å²) in [6, 6.07) is 4.35. The van der Waals surface area contributed by atoms with Crippen LogP contribution in [0.3, 0.4) is 0 Å². The van der Waals surface area contributed by atoms with Gasteiger partial charge < -0.3 is 20.2 Å². The summed E-state index contributed by atoms with van der Waals surface area (Å²) in [6.07, 6.45) is -0.651. The first kappa shape index (κ1) is 11.8. The van der Waals surface area contributed by atoms with Gasteiger partial charge in [-0.15, -0.1) is 0 Å². The molecule has 0 spiro atoms. The number of aliphatic hydroxyl groups excluding tert-OH is 1. The maximum atomic E-state index is 9.80. The van der Waals surface area contributed by atoms with Crippen molar-refractivity contribution in [3.63, 3.8) is 0 Å². The van der Waals surface area contributed by atoms with Crippen molar-refractivity contribution in [1.82, 2.24) is 4.90 Å². The van der Waals surface area contributed by atoms with Crippen molar-refractivity contribution in [3.05, 3.63) is 23.8 Å². The predicted octanol–water partition coefficient (Wildman–Crippen LogP) is 1.08. The van der Waals surface area contributed by atoms with Gasteiger partial charge in [-0.2, -0.15) is 0 Å². The topological polar surface area (TPSA) is 63.9 Å². The number of nitrogens with zero attached hydrogens (tertiary/aromatic N) is 1. The number of benzene rings is 1. The fraction of sp³-hybridized carbons (Fsp3) is 0.455. The molecule has 15 heavy (non-hydrogen) atoms. The minimum Gasteiger partial charge on any atom is -0.504 e. The zero-order valence-corrected chi connectivity index (χ0v) is 9.01. The van der Waals surface area contributed by atoms with Crippen LogP contribution in [0.5, 0.6) is 11.5 Å². The summed E-state index contributed by atoms with van der Waals surface area (Å²) in [5.41, 5.74) is 0.602. The van der Waals surface area contributed by atoms with Crippen molar-refractivity contribution < 1.29 is 15.3 Å². The first-order chi connectivity index (χ1) is 7.04. The van der Waals surface area contributed by atoms with Crippen LogP contribution in [0.4, 0.5) is 0 Å². The predicted molar refractivity (Wildman–Crippen MR) is 57.9 cm³/mol. The zero-order valence-electron chi connectivity index (χ0n) is 9.01. The number of hydrogen-bond donors (Lipinski definition) is 3. The van der Waals surface area contributed by atoms with Crippen molar-refractivity contribution in [1.29, 1.82) is 0 Å². The third kappa shape index (κ3) is 3.11. The second-order valence-corrected chi connectivity index (χ2v) is 3.62. The maximum absolute atomic E-state index is 9.80. The van der Waals surface area contributed by atoms with Crippen LogP contribution < -0.4 is 0 Å². The van der Waals surface area contributed by atoms with Gasteiger partial charge >= 0.3 is 0 Å². The summed E-state index contributed by atoms with van der Waals surface area (Å²) < 4.78 is 0. The molecule has 84 valence electrons. The van der Waals surface area contributed by atoms with Gasteiger partial charge in [-0.1, -0.05) is 13.0 Å². The van der Waals surface area contributed by atoms with E-state index in [1.54, 1.807) is 6.07 Å². The average Bonchev–Trinajstić information content (AvgIpc) is 2.21. The molecule has 1 atom stereocenters. The molecular formula is C11H17NO3. The smallest absolute Gasteiger partial charge is 0.157 e. The van der Waals surface area contributed by atoms with E-state index in [0.717, 1.165) is 6.54 Å². The standard InChI is InChI=1S/C11H17NO3/c1-3-12(2)7-11(15)8-4-5-9(13)10(14)6-8/h4-6,11,13-15H,3,7H2,1-2H3/t11-/m0/s1. The fourth-order valence-corrected chi connectivity index (χ4v) is 1.28. The van der Waals surface area contributed by atoms with Crippen molar-refractivity contribution in [3.8, 4) is 11.5 Å². The van der Waals surface area contributed by atoms with Gasteiger partial charge in [0.25, 0.3) is 0 Å². The molecule has 3 N–H and O–H groups in total. The lowest BCUT2D eigenvalue weighted by Crippen LogP contribution is -2.24. The molecule has 1 aromatic rings. The molecule has 1 aromatic carbocycles. The van der Waals surface area contributed by atoms with E-state index in [1.165, 1.54) is 12.1 Å². The number of likely N-dealkylation sites (N-methyl/N-ethyl adjacent to an activating group) is 1. The van der Waals surface area contributed by atoms with E-state index in [9.17, 15) is 10.2 Å². The largest absolute Gasteiger partial charge is 0.504 e. The Morgan fingerprint density at radius 1 is 1.27 bits per heavy atom. The molecule has 0 radical (unpaired) electrons. The van der Waals surface area contributed by atoms with Gasteiger partial charge in [-0.3, -0.25) is 0 Å². The van der Waals surface area contributed by atoms with Gasteiger partial charge in [-0.05, 0) is 31.3 Å². The highest BCUT2D eigenvalue weighted by molar-refractivity contribution is 5.41. The van der Waals surface area contributed by atoms with Crippen LogP contribution in [0.15, 0.2) is 18.2 Å². The van der Waals surface area contributed by atoms with Crippen LogP contribution >= 0.6 is 0 Å². The Balaban J connectivity index is 2.73. The minimum absolute atomic E-state index is 0.171. The lowest BCUT2D eigenvalue weighted by atomic mass is 10.1. The highest BCUT2D eigenvalue weighted by Crippen LogP contribution is 2.27. The van der Waals surface area contributed by atoms with Crippen LogP contribution in [0.25, 0.3) is 0 Å². The molecule has 0 amide bonds. The first-order valence-electron chi connectivity index (χ1n) is 4.93. The van der Waals surface area contributed by atoms with E-state index in [1.807, 2.05) is 18.9 Å². The highest BCUT2D eigenvalue weighted by Gasteiger charge is 2.11.